The molecule has 1 aromatic carbocycles. The van der Waals surface area contributed by atoms with E-state index in [0.29, 0.717) is 6.54 Å². The van der Waals surface area contributed by atoms with Gasteiger partial charge in [-0.2, -0.15) is 0 Å². The number of methoxy groups -OCH3 is 1. The molecular formula is C21H31N3O2. The Morgan fingerprint density at radius 1 is 1.23 bits per heavy atom. The highest BCUT2D eigenvalue weighted by atomic mass is 16.5. The van der Waals surface area contributed by atoms with Crippen LogP contribution >= 0.6 is 0 Å². The summed E-state index contributed by atoms with van der Waals surface area (Å²) >= 11 is 0. The minimum absolute atomic E-state index is 0.660. The van der Waals surface area contributed by atoms with Crippen molar-refractivity contribution < 1.29 is 9.84 Å². The van der Waals surface area contributed by atoms with Gasteiger partial charge < -0.3 is 15.2 Å². The van der Waals surface area contributed by atoms with E-state index >= 15 is 0 Å². The van der Waals surface area contributed by atoms with Crippen LogP contribution in [0.5, 0.6) is 0 Å². The second-order valence-electron chi connectivity index (χ2n) is 7.42. The Morgan fingerprint density at radius 3 is 2.65 bits per heavy atom. The number of hydrogen-bond acceptors (Lipinski definition) is 5. The summed E-state index contributed by atoms with van der Waals surface area (Å²) in [4.78, 5) is 2.50. The maximum absolute atomic E-state index is 10.2. The first-order valence-corrected chi connectivity index (χ1v) is 9.54. The van der Waals surface area contributed by atoms with Gasteiger partial charge in [-0.25, -0.2) is 0 Å². The minimum atomic E-state index is -0.769. The standard InChI is InChI=1S/C21H31N3O2/c1-16-11-12-24(14-16)15-18-3-7-19(8-4-18)23-21(25)22-13-17-5-9-20(26-2)10-6-17/h3-5,7-9,16,21-23,25H,6,10-15H2,1-2H3. The lowest BCUT2D eigenvalue weighted by molar-refractivity contribution is 0.169. The fourth-order valence-electron chi connectivity index (χ4n) is 3.55. The number of nitrogens with one attached hydrogen (secondary N) is 2. The zero-order chi connectivity index (χ0) is 18.4. The summed E-state index contributed by atoms with van der Waals surface area (Å²) in [6.45, 7) is 6.38. The van der Waals surface area contributed by atoms with Gasteiger partial charge in [-0.3, -0.25) is 10.2 Å². The fraction of sp³-hybridized carbons (Fsp3) is 0.524. The smallest absolute Gasteiger partial charge is 0.181 e. The third-order valence-corrected chi connectivity index (χ3v) is 5.15. The summed E-state index contributed by atoms with van der Waals surface area (Å²) in [5.74, 6) is 1.82. The lowest BCUT2D eigenvalue weighted by Gasteiger charge is -2.19. The van der Waals surface area contributed by atoms with E-state index in [0.717, 1.165) is 36.8 Å². The fourth-order valence-corrected chi connectivity index (χ4v) is 3.55. The lowest BCUT2D eigenvalue weighted by atomic mass is 10.0. The summed E-state index contributed by atoms with van der Waals surface area (Å²) in [5.41, 5.74) is 3.50. The van der Waals surface area contributed by atoms with E-state index in [9.17, 15) is 5.11 Å². The van der Waals surface area contributed by atoms with Crippen molar-refractivity contribution >= 4 is 5.69 Å². The van der Waals surface area contributed by atoms with E-state index < -0.39 is 6.35 Å². The van der Waals surface area contributed by atoms with Crippen LogP contribution < -0.4 is 10.6 Å². The molecule has 1 fully saturated rings. The van der Waals surface area contributed by atoms with E-state index in [1.54, 1.807) is 7.11 Å². The topological polar surface area (TPSA) is 56.8 Å². The first-order chi connectivity index (χ1) is 12.6. The van der Waals surface area contributed by atoms with Gasteiger partial charge in [0.2, 0.25) is 0 Å². The number of allylic oxidation sites excluding steroid dienone is 3. The Bertz CT molecular complexity index is 639. The van der Waals surface area contributed by atoms with Gasteiger partial charge >= 0.3 is 0 Å². The Hall–Kier alpha value is -1.82. The molecule has 5 nitrogen and oxygen atoms in total. The third-order valence-electron chi connectivity index (χ3n) is 5.15. The predicted octanol–water partition coefficient (Wildman–Crippen LogP) is 3.06. The number of likely N-dealkylation sites (tertiary alicyclic amines) is 1. The molecule has 0 amide bonds. The summed E-state index contributed by atoms with van der Waals surface area (Å²) in [7, 11) is 1.70. The molecule has 2 aliphatic rings. The van der Waals surface area contributed by atoms with Crippen LogP contribution in [0.15, 0.2) is 47.7 Å². The van der Waals surface area contributed by atoms with Crippen LogP contribution in [0.4, 0.5) is 5.69 Å². The van der Waals surface area contributed by atoms with Crippen LogP contribution in [0.2, 0.25) is 0 Å². The maximum Gasteiger partial charge on any atom is 0.181 e. The summed E-state index contributed by atoms with van der Waals surface area (Å²) in [5, 5.41) is 16.4. The molecule has 0 saturated carbocycles. The van der Waals surface area contributed by atoms with Crippen molar-refractivity contribution in [2.75, 3.05) is 32.1 Å². The number of anilines is 1. The number of nitrogens with zero attached hydrogens (tertiary/aromatic N) is 1. The molecule has 1 heterocycles. The number of aliphatic hydroxyl groups excluding tert-OH is 1. The van der Waals surface area contributed by atoms with Gasteiger partial charge in [0.25, 0.3) is 0 Å². The van der Waals surface area contributed by atoms with E-state index in [4.69, 9.17) is 4.74 Å². The van der Waals surface area contributed by atoms with Crippen molar-refractivity contribution in [2.45, 2.75) is 39.1 Å². The molecular weight excluding hydrogens is 326 g/mol. The van der Waals surface area contributed by atoms with Gasteiger partial charge in [-0.1, -0.05) is 30.7 Å². The Morgan fingerprint density at radius 2 is 2.04 bits per heavy atom. The van der Waals surface area contributed by atoms with Crippen LogP contribution in [0.3, 0.4) is 0 Å². The molecule has 2 unspecified atom stereocenters. The minimum Gasteiger partial charge on any atom is -0.501 e. The molecule has 26 heavy (non-hydrogen) atoms. The number of benzene rings is 1. The second kappa shape index (κ2) is 9.21. The first kappa shape index (κ1) is 19.0. The zero-order valence-electron chi connectivity index (χ0n) is 15.9. The number of hydrogen-bond donors (Lipinski definition) is 3. The Balaban J connectivity index is 1.42. The first-order valence-electron chi connectivity index (χ1n) is 9.54. The van der Waals surface area contributed by atoms with Gasteiger partial charge in [0.05, 0.1) is 12.9 Å². The van der Waals surface area contributed by atoms with Crippen LogP contribution in [0, 0.1) is 5.92 Å². The second-order valence-corrected chi connectivity index (χ2v) is 7.42. The quantitative estimate of drug-likeness (QED) is 0.624. The van der Waals surface area contributed by atoms with Gasteiger partial charge in [0, 0.05) is 31.7 Å². The molecule has 2 atom stereocenters. The van der Waals surface area contributed by atoms with Crippen molar-refractivity contribution in [3.63, 3.8) is 0 Å². The van der Waals surface area contributed by atoms with Gasteiger partial charge in [-0.05, 0) is 49.1 Å². The SMILES string of the molecule is COC1=CC=C(CNC(O)Nc2ccc(CN3CCC(C)C3)cc2)CC1. The lowest BCUT2D eigenvalue weighted by Crippen LogP contribution is -2.37. The monoisotopic (exact) mass is 357 g/mol. The summed E-state index contributed by atoms with van der Waals surface area (Å²) in [6, 6.07) is 8.35. The van der Waals surface area contributed by atoms with Crippen molar-refractivity contribution in [3.8, 4) is 0 Å². The van der Waals surface area contributed by atoms with Crippen molar-refractivity contribution in [3.05, 3.63) is 53.3 Å². The molecule has 1 saturated heterocycles. The molecule has 3 N–H and O–H groups in total. The highest BCUT2D eigenvalue weighted by molar-refractivity contribution is 5.44. The predicted molar refractivity (Wildman–Crippen MR) is 106 cm³/mol. The molecule has 0 bridgehead atoms. The molecule has 1 aliphatic heterocycles. The van der Waals surface area contributed by atoms with Crippen LogP contribution in [-0.4, -0.2) is 43.1 Å². The summed E-state index contributed by atoms with van der Waals surface area (Å²) in [6.07, 6.45) is 6.48. The number of rotatable bonds is 8. The Kier molecular flexibility index (Phi) is 6.72. The van der Waals surface area contributed by atoms with E-state index in [2.05, 4.69) is 40.7 Å². The van der Waals surface area contributed by atoms with Gasteiger partial charge in [-0.15, -0.1) is 0 Å². The zero-order valence-corrected chi connectivity index (χ0v) is 15.9. The molecule has 0 aromatic heterocycles. The van der Waals surface area contributed by atoms with Gasteiger partial charge in [0.15, 0.2) is 6.35 Å². The molecule has 0 spiro atoms. The highest BCUT2D eigenvalue weighted by Crippen LogP contribution is 2.20. The average Bonchev–Trinajstić information content (AvgIpc) is 3.07. The van der Waals surface area contributed by atoms with E-state index in [1.165, 1.54) is 30.6 Å². The molecule has 1 aliphatic carbocycles. The molecule has 142 valence electrons. The van der Waals surface area contributed by atoms with Crippen molar-refractivity contribution in [1.29, 1.82) is 0 Å². The van der Waals surface area contributed by atoms with Crippen molar-refractivity contribution in [1.82, 2.24) is 10.2 Å². The van der Waals surface area contributed by atoms with E-state index in [1.807, 2.05) is 18.2 Å². The third kappa shape index (κ3) is 5.59. The highest BCUT2D eigenvalue weighted by Gasteiger charge is 2.18. The van der Waals surface area contributed by atoms with Crippen LogP contribution in [0.1, 0.15) is 31.7 Å². The summed E-state index contributed by atoms with van der Waals surface area (Å²) < 4.78 is 5.23. The normalized spacial score (nSPS) is 21.9. The van der Waals surface area contributed by atoms with E-state index in [-0.39, 0.29) is 0 Å². The molecule has 1 aromatic rings. The van der Waals surface area contributed by atoms with Gasteiger partial charge in [0.1, 0.15) is 0 Å². The Labute approximate surface area is 156 Å². The van der Waals surface area contributed by atoms with Crippen LogP contribution in [-0.2, 0) is 11.3 Å². The maximum atomic E-state index is 10.2. The molecule has 5 heteroatoms. The molecule has 3 rings (SSSR count). The number of aliphatic hydroxyl groups is 1. The van der Waals surface area contributed by atoms with Crippen LogP contribution in [0.25, 0.3) is 0 Å². The molecule has 0 radical (unpaired) electrons. The largest absolute Gasteiger partial charge is 0.501 e. The number of ether oxygens (including phenoxy) is 1. The van der Waals surface area contributed by atoms with Crippen molar-refractivity contribution in [2.24, 2.45) is 5.92 Å². The average molecular weight is 357 g/mol.